The maximum absolute atomic E-state index is 13.3. The normalized spacial score (nSPS) is 20.3. The molecule has 2 amide bonds. The Morgan fingerprint density at radius 1 is 0.943 bits per heavy atom. The van der Waals surface area contributed by atoms with Crippen LogP contribution in [0, 0.1) is 0 Å². The number of hydrogen-bond acceptors (Lipinski definition) is 5. The van der Waals surface area contributed by atoms with Gasteiger partial charge in [0.25, 0.3) is 5.91 Å². The first kappa shape index (κ1) is 25.2. The molecule has 2 heterocycles. The highest BCUT2D eigenvalue weighted by atomic mass is 32.2. The highest BCUT2D eigenvalue weighted by Crippen LogP contribution is 2.24. The van der Waals surface area contributed by atoms with E-state index < -0.39 is 9.84 Å². The number of sulfone groups is 1. The second-order valence-electron chi connectivity index (χ2n) is 9.46. The van der Waals surface area contributed by atoms with Crippen LogP contribution in [-0.4, -0.2) is 68.6 Å². The number of aryl methyl sites for hydroxylation is 1. The van der Waals surface area contributed by atoms with Gasteiger partial charge in [0.15, 0.2) is 9.84 Å². The molecule has 188 valence electrons. The lowest BCUT2D eigenvalue weighted by Gasteiger charge is -2.36. The van der Waals surface area contributed by atoms with Crippen LogP contribution in [0.1, 0.15) is 54.4 Å². The van der Waals surface area contributed by atoms with Crippen molar-refractivity contribution < 1.29 is 22.7 Å². The molecule has 2 aliphatic rings. The standard InChI is InChI=1S/C27H34N2O5S/c1-35(32,33)25-14-11-22(12-15-25)27(31)28-16-5-9-26(30)29-17-3-2-7-23(29)13-10-21-6-4-8-24(20-21)34-19-18-28/h4,6,8,11-12,14-15,20,23H,2-3,5,7,9-10,13,16-19H2,1H3. The van der Waals surface area contributed by atoms with Crippen LogP contribution < -0.4 is 4.74 Å². The Labute approximate surface area is 208 Å². The number of piperidine rings is 1. The zero-order valence-electron chi connectivity index (χ0n) is 20.3. The van der Waals surface area contributed by atoms with Crippen LogP contribution in [0.2, 0.25) is 0 Å². The second-order valence-corrected chi connectivity index (χ2v) is 11.5. The lowest BCUT2D eigenvalue weighted by molar-refractivity contribution is -0.135. The summed E-state index contributed by atoms with van der Waals surface area (Å²) in [5, 5.41) is 0. The molecule has 8 heteroatoms. The summed E-state index contributed by atoms with van der Waals surface area (Å²) >= 11 is 0. The first-order valence-electron chi connectivity index (χ1n) is 12.4. The third-order valence-electron chi connectivity index (χ3n) is 6.88. The molecule has 0 N–H and O–H groups in total. The highest BCUT2D eigenvalue weighted by molar-refractivity contribution is 7.90. The quantitative estimate of drug-likeness (QED) is 0.630. The second kappa shape index (κ2) is 11.2. The van der Waals surface area contributed by atoms with Gasteiger partial charge in [0.05, 0.1) is 11.4 Å². The van der Waals surface area contributed by atoms with E-state index in [4.69, 9.17) is 4.74 Å². The van der Waals surface area contributed by atoms with Gasteiger partial charge in [-0.3, -0.25) is 9.59 Å². The van der Waals surface area contributed by atoms with Crippen LogP contribution in [0.15, 0.2) is 53.4 Å². The van der Waals surface area contributed by atoms with Crippen molar-refractivity contribution in [3.05, 3.63) is 59.7 Å². The molecule has 0 saturated carbocycles. The summed E-state index contributed by atoms with van der Waals surface area (Å²) in [4.78, 5) is 30.3. The number of rotatable bonds is 2. The first-order valence-corrected chi connectivity index (χ1v) is 14.3. The maximum atomic E-state index is 13.3. The molecule has 0 aromatic heterocycles. The van der Waals surface area contributed by atoms with E-state index in [1.165, 1.54) is 17.7 Å². The van der Waals surface area contributed by atoms with Crippen LogP contribution in [0.4, 0.5) is 0 Å². The summed E-state index contributed by atoms with van der Waals surface area (Å²) in [6.45, 7) is 1.94. The van der Waals surface area contributed by atoms with E-state index in [0.29, 0.717) is 38.1 Å². The third kappa shape index (κ3) is 6.63. The van der Waals surface area contributed by atoms with Gasteiger partial charge in [-0.15, -0.1) is 0 Å². The van der Waals surface area contributed by atoms with Crippen molar-refractivity contribution in [2.45, 2.75) is 55.9 Å². The predicted molar refractivity (Wildman–Crippen MR) is 134 cm³/mol. The molecule has 35 heavy (non-hydrogen) atoms. The molecule has 2 bridgehead atoms. The molecule has 1 unspecified atom stereocenters. The topological polar surface area (TPSA) is 84.0 Å². The molecule has 7 nitrogen and oxygen atoms in total. The fraction of sp³-hybridized carbons (Fsp3) is 0.481. The summed E-state index contributed by atoms with van der Waals surface area (Å²) in [6, 6.07) is 14.3. The van der Waals surface area contributed by atoms with Gasteiger partial charge in [-0.05, 0) is 80.5 Å². The summed E-state index contributed by atoms with van der Waals surface area (Å²) in [5.74, 6) is 0.744. The average Bonchev–Trinajstić information content (AvgIpc) is 2.86. The lowest BCUT2D eigenvalue weighted by Crippen LogP contribution is -2.44. The number of fused-ring (bicyclic) bond motifs is 3. The number of nitrogens with zero attached hydrogens (tertiary/aromatic N) is 2. The number of benzene rings is 2. The Morgan fingerprint density at radius 2 is 1.74 bits per heavy atom. The van der Waals surface area contributed by atoms with Crippen LogP contribution >= 0.6 is 0 Å². The molecule has 1 atom stereocenters. The number of amides is 2. The zero-order chi connectivity index (χ0) is 24.8. The van der Waals surface area contributed by atoms with Crippen LogP contribution in [0.3, 0.4) is 0 Å². The summed E-state index contributed by atoms with van der Waals surface area (Å²) in [7, 11) is -3.33. The van der Waals surface area contributed by atoms with Gasteiger partial charge in [0, 0.05) is 37.4 Å². The van der Waals surface area contributed by atoms with Gasteiger partial charge >= 0.3 is 0 Å². The minimum absolute atomic E-state index is 0.166. The minimum atomic E-state index is -3.33. The largest absolute Gasteiger partial charge is 0.492 e. The fourth-order valence-electron chi connectivity index (χ4n) is 4.93. The van der Waals surface area contributed by atoms with Crippen molar-refractivity contribution in [1.82, 2.24) is 9.80 Å². The molecule has 0 aliphatic carbocycles. The number of carbonyl (C=O) groups is 2. The Hall–Kier alpha value is -2.87. The number of hydrogen-bond donors (Lipinski definition) is 0. The van der Waals surface area contributed by atoms with Gasteiger partial charge in [-0.25, -0.2) is 8.42 Å². The molecule has 2 aliphatic heterocycles. The molecular formula is C27H34N2O5S. The summed E-state index contributed by atoms with van der Waals surface area (Å²) in [6.07, 6.45) is 7.20. The van der Waals surface area contributed by atoms with Crippen molar-refractivity contribution in [3.8, 4) is 5.75 Å². The van der Waals surface area contributed by atoms with Gasteiger partial charge in [0.1, 0.15) is 12.4 Å². The van der Waals surface area contributed by atoms with E-state index in [-0.39, 0.29) is 22.8 Å². The molecule has 1 fully saturated rings. The maximum Gasteiger partial charge on any atom is 0.253 e. The molecule has 0 spiro atoms. The van der Waals surface area contributed by atoms with E-state index in [0.717, 1.165) is 50.7 Å². The van der Waals surface area contributed by atoms with E-state index in [1.54, 1.807) is 17.0 Å². The molecule has 2 aromatic rings. The Morgan fingerprint density at radius 3 is 2.51 bits per heavy atom. The van der Waals surface area contributed by atoms with E-state index >= 15 is 0 Å². The molecule has 0 radical (unpaired) electrons. The van der Waals surface area contributed by atoms with Crippen molar-refractivity contribution in [2.24, 2.45) is 0 Å². The van der Waals surface area contributed by atoms with Crippen LogP contribution in [0.25, 0.3) is 0 Å². The van der Waals surface area contributed by atoms with E-state index in [9.17, 15) is 18.0 Å². The highest BCUT2D eigenvalue weighted by Gasteiger charge is 2.27. The van der Waals surface area contributed by atoms with Crippen molar-refractivity contribution >= 4 is 21.7 Å². The van der Waals surface area contributed by atoms with Gasteiger partial charge < -0.3 is 14.5 Å². The number of carbonyl (C=O) groups excluding carboxylic acids is 2. The summed E-state index contributed by atoms with van der Waals surface area (Å²) < 4.78 is 29.5. The van der Waals surface area contributed by atoms with Crippen molar-refractivity contribution in [2.75, 3.05) is 32.5 Å². The fourth-order valence-corrected chi connectivity index (χ4v) is 5.56. The lowest BCUT2D eigenvalue weighted by atomic mass is 9.95. The SMILES string of the molecule is CS(=O)(=O)c1ccc(C(=O)N2CCCC(=O)N3CCCCC3CCc3cccc(c3)OCC2)cc1. The molecule has 2 aromatic carbocycles. The van der Waals surface area contributed by atoms with Gasteiger partial charge in [0.2, 0.25) is 5.91 Å². The average molecular weight is 499 g/mol. The Bertz CT molecular complexity index is 1150. The predicted octanol–water partition coefficient (Wildman–Crippen LogP) is 3.72. The van der Waals surface area contributed by atoms with Crippen molar-refractivity contribution in [1.29, 1.82) is 0 Å². The zero-order valence-corrected chi connectivity index (χ0v) is 21.1. The molecular weight excluding hydrogens is 464 g/mol. The molecule has 1 saturated heterocycles. The van der Waals surface area contributed by atoms with Gasteiger partial charge in [-0.2, -0.15) is 0 Å². The first-order chi connectivity index (χ1) is 16.8. The summed E-state index contributed by atoms with van der Waals surface area (Å²) in [5.41, 5.74) is 1.61. The van der Waals surface area contributed by atoms with E-state index in [2.05, 4.69) is 11.0 Å². The van der Waals surface area contributed by atoms with E-state index in [1.807, 2.05) is 18.2 Å². The van der Waals surface area contributed by atoms with Crippen LogP contribution in [-0.2, 0) is 21.1 Å². The molecule has 4 rings (SSSR count). The van der Waals surface area contributed by atoms with Gasteiger partial charge in [-0.1, -0.05) is 12.1 Å². The smallest absolute Gasteiger partial charge is 0.253 e. The Balaban J connectivity index is 1.52. The van der Waals surface area contributed by atoms with Crippen molar-refractivity contribution in [3.63, 3.8) is 0 Å². The Kier molecular flexibility index (Phi) is 8.11. The van der Waals surface area contributed by atoms with Crippen LogP contribution in [0.5, 0.6) is 5.75 Å². The minimum Gasteiger partial charge on any atom is -0.492 e. The monoisotopic (exact) mass is 498 g/mol. The number of ether oxygens (including phenoxy) is 1. The third-order valence-corrected chi connectivity index (χ3v) is 8.01.